The number of aromatic amines is 1. The molecule has 0 radical (unpaired) electrons. The van der Waals surface area contributed by atoms with E-state index in [4.69, 9.17) is 5.73 Å². The number of aromatic nitrogens is 2. The molecule has 2 aromatic heterocycles. The first-order chi connectivity index (χ1) is 9.54. The molecule has 0 saturated carbocycles. The van der Waals surface area contributed by atoms with Crippen LogP contribution in [0.25, 0.3) is 21.3 Å². The van der Waals surface area contributed by atoms with Gasteiger partial charge in [-0.1, -0.05) is 37.3 Å². The number of hydrogen-bond donors (Lipinski definition) is 2. The predicted octanol–water partition coefficient (Wildman–Crippen LogP) is 2.67. The lowest BCUT2D eigenvalue weighted by Crippen LogP contribution is -2.03. The highest BCUT2D eigenvalue weighted by molar-refractivity contribution is 7.93. The van der Waals surface area contributed by atoms with Gasteiger partial charge in [-0.05, 0) is 5.56 Å². The Kier molecular flexibility index (Phi) is 3.02. The van der Waals surface area contributed by atoms with Crippen molar-refractivity contribution >= 4 is 37.2 Å². The molecule has 0 aliphatic heterocycles. The number of nitrogen functional groups attached to an aromatic ring is 1. The fourth-order valence-corrected chi connectivity index (χ4v) is 4.91. The van der Waals surface area contributed by atoms with Crippen LogP contribution in [0.15, 0.2) is 34.5 Å². The maximum Gasteiger partial charge on any atom is 0.188 e. The monoisotopic (exact) mass is 307 g/mol. The zero-order valence-electron chi connectivity index (χ0n) is 10.8. The largest absolute Gasteiger partial charge is 0.384 e. The summed E-state index contributed by atoms with van der Waals surface area (Å²) in [5.41, 5.74) is 7.39. The van der Waals surface area contributed by atoms with E-state index in [2.05, 4.69) is 10.2 Å². The summed E-state index contributed by atoms with van der Waals surface area (Å²) in [4.78, 5) is 0.619. The van der Waals surface area contributed by atoms with Crippen LogP contribution in [-0.4, -0.2) is 24.4 Å². The van der Waals surface area contributed by atoms with E-state index in [0.29, 0.717) is 25.8 Å². The number of rotatable bonds is 3. The summed E-state index contributed by atoms with van der Waals surface area (Å²) in [6.07, 6.45) is 0. The predicted molar refractivity (Wildman–Crippen MR) is 81.5 cm³/mol. The third-order valence-corrected chi connectivity index (χ3v) is 6.55. The molecule has 0 amide bonds. The average molecular weight is 307 g/mol. The van der Waals surface area contributed by atoms with Gasteiger partial charge in [0, 0.05) is 5.56 Å². The number of H-pyrrole nitrogens is 1. The van der Waals surface area contributed by atoms with Crippen molar-refractivity contribution in [1.82, 2.24) is 10.2 Å². The lowest BCUT2D eigenvalue weighted by Gasteiger charge is -2.05. The number of benzene rings is 1. The van der Waals surface area contributed by atoms with E-state index in [1.807, 2.05) is 30.3 Å². The van der Waals surface area contributed by atoms with Gasteiger partial charge in [0.25, 0.3) is 0 Å². The van der Waals surface area contributed by atoms with Gasteiger partial charge >= 0.3 is 0 Å². The molecule has 3 N–H and O–H groups in total. The summed E-state index contributed by atoms with van der Waals surface area (Å²) < 4.78 is 24.9. The molecule has 0 bridgehead atoms. The van der Waals surface area contributed by atoms with Crippen LogP contribution in [0.2, 0.25) is 0 Å². The van der Waals surface area contributed by atoms with E-state index in [1.165, 1.54) is 0 Å². The second-order valence-electron chi connectivity index (χ2n) is 4.35. The quantitative estimate of drug-likeness (QED) is 0.778. The molecular formula is C13H13N3O2S2. The van der Waals surface area contributed by atoms with Gasteiger partial charge in [-0.3, -0.25) is 5.10 Å². The topological polar surface area (TPSA) is 88.8 Å². The highest BCUT2D eigenvalue weighted by Gasteiger charge is 2.26. The molecule has 2 heterocycles. The fraction of sp³-hybridized carbons (Fsp3) is 0.154. The Hall–Kier alpha value is -1.86. The number of anilines is 1. The Balaban J connectivity index is 2.43. The van der Waals surface area contributed by atoms with E-state index in [1.54, 1.807) is 6.92 Å². The van der Waals surface area contributed by atoms with Crippen molar-refractivity contribution in [3.05, 3.63) is 30.3 Å². The molecule has 0 saturated heterocycles. The van der Waals surface area contributed by atoms with Crippen molar-refractivity contribution in [2.75, 3.05) is 11.5 Å². The summed E-state index contributed by atoms with van der Waals surface area (Å²) in [6, 6.07) is 9.39. The van der Waals surface area contributed by atoms with Crippen LogP contribution in [0.3, 0.4) is 0 Å². The van der Waals surface area contributed by atoms with E-state index in [-0.39, 0.29) is 5.75 Å². The SMILES string of the molecule is CCS(=O)(=O)c1sc2n[nH]c(N)c2c1-c1ccccc1. The average Bonchev–Trinajstić information content (AvgIpc) is 3.01. The zero-order valence-corrected chi connectivity index (χ0v) is 12.4. The lowest BCUT2D eigenvalue weighted by molar-refractivity contribution is 0.599. The molecule has 104 valence electrons. The van der Waals surface area contributed by atoms with Crippen LogP contribution >= 0.6 is 11.3 Å². The molecule has 3 aromatic rings. The Morgan fingerprint density at radius 1 is 1.30 bits per heavy atom. The number of nitrogens with two attached hydrogens (primary N) is 1. The number of nitrogens with zero attached hydrogens (tertiary/aromatic N) is 1. The molecule has 0 aliphatic rings. The number of thiophene rings is 1. The Labute approximate surface area is 120 Å². The molecule has 1 aromatic carbocycles. The Morgan fingerprint density at radius 3 is 2.65 bits per heavy atom. The second kappa shape index (κ2) is 4.60. The van der Waals surface area contributed by atoms with E-state index >= 15 is 0 Å². The maximum absolute atomic E-state index is 12.3. The van der Waals surface area contributed by atoms with Crippen LogP contribution < -0.4 is 5.73 Å². The zero-order chi connectivity index (χ0) is 14.3. The van der Waals surface area contributed by atoms with Crippen molar-refractivity contribution < 1.29 is 8.42 Å². The first-order valence-corrected chi connectivity index (χ1v) is 8.56. The Morgan fingerprint density at radius 2 is 2.00 bits per heavy atom. The minimum absolute atomic E-state index is 0.0551. The second-order valence-corrected chi connectivity index (χ2v) is 7.82. The highest BCUT2D eigenvalue weighted by Crippen LogP contribution is 2.43. The Bertz CT molecular complexity index is 864. The van der Waals surface area contributed by atoms with Gasteiger partial charge in [0.05, 0.1) is 11.1 Å². The van der Waals surface area contributed by atoms with Crippen LogP contribution in [0.4, 0.5) is 5.82 Å². The van der Waals surface area contributed by atoms with Crippen LogP contribution in [0.5, 0.6) is 0 Å². The van der Waals surface area contributed by atoms with Crippen molar-refractivity contribution in [2.24, 2.45) is 0 Å². The van der Waals surface area contributed by atoms with Gasteiger partial charge in [0.15, 0.2) is 9.84 Å². The van der Waals surface area contributed by atoms with Crippen LogP contribution in [-0.2, 0) is 9.84 Å². The van der Waals surface area contributed by atoms with Gasteiger partial charge in [0.1, 0.15) is 14.9 Å². The standard InChI is InChI=1S/C13H13N3O2S2/c1-2-20(17,18)13-9(8-6-4-3-5-7-8)10-11(14)15-16-12(10)19-13/h3-7H,2H2,1H3,(H3,14,15,16). The molecule has 0 spiro atoms. The fourth-order valence-electron chi connectivity index (χ4n) is 2.11. The molecule has 0 atom stereocenters. The minimum atomic E-state index is -3.32. The molecule has 7 heteroatoms. The van der Waals surface area contributed by atoms with E-state index in [0.717, 1.165) is 16.9 Å². The van der Waals surface area contributed by atoms with Gasteiger partial charge < -0.3 is 5.73 Å². The smallest absolute Gasteiger partial charge is 0.188 e. The normalized spacial score (nSPS) is 12.1. The molecule has 3 rings (SSSR count). The molecule has 0 fully saturated rings. The summed E-state index contributed by atoms with van der Waals surface area (Å²) in [5.74, 6) is 0.451. The maximum atomic E-state index is 12.3. The third kappa shape index (κ3) is 1.90. The van der Waals surface area contributed by atoms with E-state index in [9.17, 15) is 8.42 Å². The van der Waals surface area contributed by atoms with Gasteiger partial charge in [-0.2, -0.15) is 5.10 Å². The van der Waals surface area contributed by atoms with Crippen molar-refractivity contribution in [1.29, 1.82) is 0 Å². The molecule has 5 nitrogen and oxygen atoms in total. The molecule has 20 heavy (non-hydrogen) atoms. The van der Waals surface area contributed by atoms with Crippen LogP contribution in [0, 0.1) is 0 Å². The number of fused-ring (bicyclic) bond motifs is 1. The number of sulfone groups is 1. The lowest BCUT2D eigenvalue weighted by atomic mass is 10.1. The molecular weight excluding hydrogens is 294 g/mol. The summed E-state index contributed by atoms with van der Waals surface area (Å²) in [6.45, 7) is 1.64. The highest BCUT2D eigenvalue weighted by atomic mass is 32.2. The van der Waals surface area contributed by atoms with Crippen molar-refractivity contribution in [2.45, 2.75) is 11.1 Å². The van der Waals surface area contributed by atoms with Gasteiger partial charge in [-0.25, -0.2) is 8.42 Å². The van der Waals surface area contributed by atoms with Crippen LogP contribution in [0.1, 0.15) is 6.92 Å². The third-order valence-electron chi connectivity index (χ3n) is 3.13. The van der Waals surface area contributed by atoms with Gasteiger partial charge in [-0.15, -0.1) is 11.3 Å². The number of nitrogens with one attached hydrogen (secondary N) is 1. The van der Waals surface area contributed by atoms with Gasteiger partial charge in [0.2, 0.25) is 0 Å². The van der Waals surface area contributed by atoms with Crippen molar-refractivity contribution in [3.63, 3.8) is 0 Å². The number of hydrogen-bond acceptors (Lipinski definition) is 5. The summed E-state index contributed by atoms with van der Waals surface area (Å²) in [5, 5.41) is 7.47. The first kappa shape index (κ1) is 13.1. The summed E-state index contributed by atoms with van der Waals surface area (Å²) >= 11 is 1.16. The molecule has 0 aliphatic carbocycles. The molecule has 0 unspecified atom stereocenters. The summed E-state index contributed by atoms with van der Waals surface area (Å²) in [7, 11) is -3.32. The first-order valence-electron chi connectivity index (χ1n) is 6.09. The van der Waals surface area contributed by atoms with Crippen molar-refractivity contribution in [3.8, 4) is 11.1 Å². The minimum Gasteiger partial charge on any atom is -0.384 e. The van der Waals surface area contributed by atoms with E-state index < -0.39 is 9.84 Å².